The quantitative estimate of drug-likeness (QED) is 0.759. The number of amides is 3. The first-order valence-corrected chi connectivity index (χ1v) is 7.76. The van der Waals surface area contributed by atoms with E-state index in [2.05, 4.69) is 31.9 Å². The molecule has 0 fully saturated rings. The average molecular weight is 356 g/mol. The fraction of sp³-hybridized carbons (Fsp3) is 0.467. The van der Waals surface area contributed by atoms with Crippen LogP contribution in [-0.2, 0) is 4.79 Å². The molecule has 3 amide bonds. The van der Waals surface area contributed by atoms with Gasteiger partial charge >= 0.3 is 6.03 Å². The van der Waals surface area contributed by atoms with Crippen molar-refractivity contribution in [3.63, 3.8) is 0 Å². The van der Waals surface area contributed by atoms with Gasteiger partial charge in [0.1, 0.15) is 6.04 Å². The van der Waals surface area contributed by atoms with E-state index in [0.717, 1.165) is 27.7 Å². The number of carbonyl (C=O) groups excluding carboxylic acids is 2. The van der Waals surface area contributed by atoms with Crippen molar-refractivity contribution in [1.82, 2.24) is 10.6 Å². The van der Waals surface area contributed by atoms with Gasteiger partial charge in [0.2, 0.25) is 5.91 Å². The molecule has 0 spiro atoms. The van der Waals surface area contributed by atoms with Crippen molar-refractivity contribution in [3.05, 3.63) is 27.7 Å². The third kappa shape index (κ3) is 5.38. The Labute approximate surface area is 134 Å². The van der Waals surface area contributed by atoms with Crippen LogP contribution in [0, 0.1) is 13.8 Å². The van der Waals surface area contributed by atoms with Crippen LogP contribution in [0.3, 0.4) is 0 Å². The highest BCUT2D eigenvalue weighted by Gasteiger charge is 2.16. The van der Waals surface area contributed by atoms with Crippen molar-refractivity contribution >= 4 is 33.6 Å². The Hall–Kier alpha value is -1.56. The van der Waals surface area contributed by atoms with Crippen LogP contribution in [0.1, 0.15) is 31.4 Å². The lowest BCUT2D eigenvalue weighted by molar-refractivity contribution is -0.122. The Balaban J connectivity index is 2.64. The second kappa shape index (κ2) is 8.02. The molecule has 0 radical (unpaired) electrons. The third-order valence-electron chi connectivity index (χ3n) is 3.03. The lowest BCUT2D eigenvalue weighted by Crippen LogP contribution is -2.46. The zero-order chi connectivity index (χ0) is 16.0. The molecule has 1 aromatic rings. The minimum absolute atomic E-state index is 0.184. The summed E-state index contributed by atoms with van der Waals surface area (Å²) in [5, 5.41) is 8.17. The summed E-state index contributed by atoms with van der Waals surface area (Å²) < 4.78 is 0.968. The molecule has 1 unspecified atom stereocenters. The van der Waals surface area contributed by atoms with Gasteiger partial charge in [-0.15, -0.1) is 0 Å². The molecule has 0 bridgehead atoms. The number of carbonyl (C=O) groups is 2. The minimum atomic E-state index is -0.576. The third-order valence-corrected chi connectivity index (χ3v) is 3.48. The van der Waals surface area contributed by atoms with Crippen LogP contribution in [0.2, 0.25) is 0 Å². The highest BCUT2D eigenvalue weighted by molar-refractivity contribution is 9.10. The number of urea groups is 1. The van der Waals surface area contributed by atoms with Crippen molar-refractivity contribution in [3.8, 4) is 0 Å². The maximum atomic E-state index is 12.0. The van der Waals surface area contributed by atoms with Gasteiger partial charge in [0.05, 0.1) is 0 Å². The normalized spacial score (nSPS) is 11.7. The average Bonchev–Trinajstić information content (AvgIpc) is 2.39. The van der Waals surface area contributed by atoms with E-state index in [-0.39, 0.29) is 11.9 Å². The number of anilines is 1. The van der Waals surface area contributed by atoms with Gasteiger partial charge in [-0.1, -0.05) is 22.9 Å². The minimum Gasteiger partial charge on any atom is -0.354 e. The summed E-state index contributed by atoms with van der Waals surface area (Å²) in [5.74, 6) is -0.184. The standard InChI is InChI=1S/C15H22BrN3O2/c1-5-6-17-14(20)11(4)18-15(21)19-13-9(2)7-12(16)8-10(13)3/h7-8,11H,5-6H2,1-4H3,(H,17,20)(H2,18,19,21). The van der Waals surface area contributed by atoms with E-state index in [9.17, 15) is 9.59 Å². The smallest absolute Gasteiger partial charge is 0.319 e. The van der Waals surface area contributed by atoms with E-state index in [1.54, 1.807) is 6.92 Å². The van der Waals surface area contributed by atoms with Gasteiger partial charge < -0.3 is 16.0 Å². The molecule has 1 aromatic carbocycles. The van der Waals surface area contributed by atoms with Gasteiger partial charge in [-0.25, -0.2) is 4.79 Å². The van der Waals surface area contributed by atoms with Crippen LogP contribution < -0.4 is 16.0 Å². The first-order chi connectivity index (χ1) is 9.85. The predicted molar refractivity (Wildman–Crippen MR) is 88.5 cm³/mol. The molecule has 0 saturated heterocycles. The summed E-state index contributed by atoms with van der Waals surface area (Å²) in [6, 6.07) is 2.90. The van der Waals surface area contributed by atoms with Crippen molar-refractivity contribution in [2.45, 2.75) is 40.2 Å². The van der Waals surface area contributed by atoms with E-state index in [4.69, 9.17) is 0 Å². The molecular formula is C15H22BrN3O2. The number of rotatable bonds is 5. The zero-order valence-corrected chi connectivity index (χ0v) is 14.4. The molecule has 6 heteroatoms. The highest BCUT2D eigenvalue weighted by Crippen LogP contribution is 2.24. The van der Waals surface area contributed by atoms with Crippen LogP contribution in [0.5, 0.6) is 0 Å². The molecule has 3 N–H and O–H groups in total. The van der Waals surface area contributed by atoms with Crippen LogP contribution in [0.25, 0.3) is 0 Å². The van der Waals surface area contributed by atoms with Gasteiger partial charge in [-0.3, -0.25) is 4.79 Å². The van der Waals surface area contributed by atoms with Crippen molar-refractivity contribution < 1.29 is 9.59 Å². The van der Waals surface area contributed by atoms with Gasteiger partial charge in [-0.2, -0.15) is 0 Å². The largest absolute Gasteiger partial charge is 0.354 e. The molecule has 1 atom stereocenters. The number of hydrogen-bond acceptors (Lipinski definition) is 2. The van der Waals surface area contributed by atoms with Crippen molar-refractivity contribution in [2.24, 2.45) is 0 Å². The molecule has 0 aromatic heterocycles. The maximum Gasteiger partial charge on any atom is 0.319 e. The fourth-order valence-corrected chi connectivity index (χ4v) is 2.61. The van der Waals surface area contributed by atoms with E-state index in [1.165, 1.54) is 0 Å². The second-order valence-corrected chi connectivity index (χ2v) is 5.94. The molecular weight excluding hydrogens is 334 g/mol. The van der Waals surface area contributed by atoms with E-state index >= 15 is 0 Å². The Bertz CT molecular complexity index is 509. The topological polar surface area (TPSA) is 70.2 Å². The van der Waals surface area contributed by atoms with Crippen LogP contribution in [-0.4, -0.2) is 24.5 Å². The molecule has 5 nitrogen and oxygen atoms in total. The lowest BCUT2D eigenvalue weighted by Gasteiger charge is -2.16. The Kier molecular flexibility index (Phi) is 6.68. The summed E-state index contributed by atoms with van der Waals surface area (Å²) in [4.78, 5) is 23.7. The van der Waals surface area contributed by atoms with E-state index in [0.29, 0.717) is 6.54 Å². The number of halogens is 1. The Morgan fingerprint density at radius 1 is 1.24 bits per heavy atom. The lowest BCUT2D eigenvalue weighted by atomic mass is 10.1. The number of hydrogen-bond donors (Lipinski definition) is 3. The van der Waals surface area contributed by atoms with E-state index in [1.807, 2.05) is 32.9 Å². The molecule has 0 heterocycles. The second-order valence-electron chi connectivity index (χ2n) is 5.03. The fourth-order valence-electron chi connectivity index (χ4n) is 1.92. The van der Waals surface area contributed by atoms with Crippen molar-refractivity contribution in [1.29, 1.82) is 0 Å². The molecule has 1 rings (SSSR count). The maximum absolute atomic E-state index is 12.0. The molecule has 0 aliphatic carbocycles. The van der Waals surface area contributed by atoms with Gasteiger partial charge in [-0.05, 0) is 50.5 Å². The molecule has 0 aliphatic rings. The summed E-state index contributed by atoms with van der Waals surface area (Å²) in [6.07, 6.45) is 0.863. The van der Waals surface area contributed by atoms with Crippen LogP contribution >= 0.6 is 15.9 Å². The van der Waals surface area contributed by atoms with Crippen molar-refractivity contribution in [2.75, 3.05) is 11.9 Å². The monoisotopic (exact) mass is 355 g/mol. The number of nitrogens with one attached hydrogen (secondary N) is 3. The Morgan fingerprint density at radius 2 is 1.81 bits per heavy atom. The molecule has 116 valence electrons. The zero-order valence-electron chi connectivity index (χ0n) is 12.8. The van der Waals surface area contributed by atoms with E-state index < -0.39 is 6.04 Å². The SMILES string of the molecule is CCCNC(=O)C(C)NC(=O)Nc1c(C)cc(Br)cc1C. The first-order valence-electron chi connectivity index (χ1n) is 6.97. The highest BCUT2D eigenvalue weighted by atomic mass is 79.9. The molecule has 0 saturated carbocycles. The molecule has 21 heavy (non-hydrogen) atoms. The van der Waals surface area contributed by atoms with Gasteiger partial charge in [0, 0.05) is 16.7 Å². The Morgan fingerprint density at radius 3 is 2.33 bits per heavy atom. The first kappa shape index (κ1) is 17.5. The summed E-state index contributed by atoms with van der Waals surface area (Å²) >= 11 is 3.42. The summed E-state index contributed by atoms with van der Waals surface area (Å²) in [6.45, 7) is 8.09. The number of aryl methyl sites for hydroxylation is 2. The summed E-state index contributed by atoms with van der Waals surface area (Å²) in [7, 11) is 0. The molecule has 0 aliphatic heterocycles. The predicted octanol–water partition coefficient (Wildman–Crippen LogP) is 3.10. The number of benzene rings is 1. The van der Waals surface area contributed by atoms with Crippen LogP contribution in [0.4, 0.5) is 10.5 Å². The summed E-state index contributed by atoms with van der Waals surface area (Å²) in [5.41, 5.74) is 2.68. The van der Waals surface area contributed by atoms with Gasteiger partial charge in [0.15, 0.2) is 0 Å². The van der Waals surface area contributed by atoms with Crippen LogP contribution in [0.15, 0.2) is 16.6 Å². The van der Waals surface area contributed by atoms with Gasteiger partial charge in [0.25, 0.3) is 0 Å².